The fourth-order valence-electron chi connectivity index (χ4n) is 6.64. The van der Waals surface area contributed by atoms with Gasteiger partial charge in [0.2, 0.25) is 5.88 Å². The van der Waals surface area contributed by atoms with Crippen molar-refractivity contribution in [1.29, 1.82) is 0 Å². The summed E-state index contributed by atoms with van der Waals surface area (Å²) in [5.41, 5.74) is 4.46. The first-order valence-electron chi connectivity index (χ1n) is 15.0. The van der Waals surface area contributed by atoms with Crippen LogP contribution in [0.4, 0.5) is 10.5 Å². The van der Waals surface area contributed by atoms with E-state index in [2.05, 4.69) is 46.8 Å². The molecule has 2 saturated heterocycles. The van der Waals surface area contributed by atoms with Gasteiger partial charge in [0.1, 0.15) is 12.3 Å². The van der Waals surface area contributed by atoms with Gasteiger partial charge in [0.25, 0.3) is 5.56 Å². The van der Waals surface area contributed by atoms with E-state index in [1.54, 1.807) is 11.0 Å². The Hall–Kier alpha value is -4.31. The first kappa shape index (κ1) is 28.8. The van der Waals surface area contributed by atoms with Crippen molar-refractivity contribution >= 4 is 22.7 Å². The molecule has 6 rings (SSSR count). The third kappa shape index (κ3) is 5.97. The summed E-state index contributed by atoms with van der Waals surface area (Å²) >= 11 is 0. The minimum atomic E-state index is -0.816. The highest BCUT2D eigenvalue weighted by molar-refractivity contribution is 6.01. The zero-order valence-electron chi connectivity index (χ0n) is 25.1. The highest BCUT2D eigenvalue weighted by atomic mass is 16.5. The van der Waals surface area contributed by atoms with E-state index in [9.17, 15) is 14.7 Å². The molecule has 0 radical (unpaired) electrons. The van der Waals surface area contributed by atoms with Gasteiger partial charge in [-0.3, -0.25) is 19.4 Å². The van der Waals surface area contributed by atoms with E-state index in [0.717, 1.165) is 72.6 Å². The van der Waals surface area contributed by atoms with Crippen LogP contribution >= 0.6 is 0 Å². The molecular weight excluding hydrogens is 544 g/mol. The normalized spacial score (nSPS) is 19.1. The average molecular weight is 585 g/mol. The summed E-state index contributed by atoms with van der Waals surface area (Å²) in [6, 6.07) is 19.5. The number of likely N-dealkylation sites (tertiary alicyclic amines) is 1. The van der Waals surface area contributed by atoms with Gasteiger partial charge in [-0.25, -0.2) is 4.79 Å². The van der Waals surface area contributed by atoms with Crippen LogP contribution < -0.4 is 15.2 Å². The van der Waals surface area contributed by atoms with E-state index in [1.165, 1.54) is 6.07 Å². The van der Waals surface area contributed by atoms with Gasteiger partial charge in [0.15, 0.2) is 0 Å². The first-order valence-corrected chi connectivity index (χ1v) is 15.0. The Morgan fingerprint density at radius 3 is 2.51 bits per heavy atom. The van der Waals surface area contributed by atoms with Crippen LogP contribution in [0.2, 0.25) is 0 Å². The van der Waals surface area contributed by atoms with E-state index < -0.39 is 6.09 Å². The number of hydrogen-bond acceptors (Lipinski definition) is 6. The number of amides is 1. The minimum absolute atomic E-state index is 0.0458. The molecule has 0 spiro atoms. The Balaban J connectivity index is 1.19. The fraction of sp³-hybridized carbons (Fsp3) is 0.424. The maximum atomic E-state index is 12.2. The summed E-state index contributed by atoms with van der Waals surface area (Å²) in [4.78, 5) is 33.1. The van der Waals surface area contributed by atoms with Crippen LogP contribution in [0.25, 0.3) is 22.2 Å². The molecule has 2 aliphatic rings. The van der Waals surface area contributed by atoms with Gasteiger partial charge in [-0.2, -0.15) is 5.10 Å². The zero-order valence-corrected chi connectivity index (χ0v) is 25.1. The van der Waals surface area contributed by atoms with Crippen LogP contribution in [0.5, 0.6) is 5.88 Å². The second-order valence-corrected chi connectivity index (χ2v) is 12.5. The van der Waals surface area contributed by atoms with Gasteiger partial charge in [-0.1, -0.05) is 56.3 Å². The fourth-order valence-corrected chi connectivity index (χ4v) is 6.64. The highest BCUT2D eigenvalue weighted by Gasteiger charge is 2.38. The van der Waals surface area contributed by atoms with Crippen molar-refractivity contribution in [3.05, 3.63) is 76.6 Å². The molecule has 10 heteroatoms. The molecule has 2 aromatic heterocycles. The Bertz CT molecular complexity index is 1660. The Labute approximate surface area is 251 Å². The third-order valence-electron chi connectivity index (χ3n) is 9.12. The molecule has 4 aromatic rings. The van der Waals surface area contributed by atoms with E-state index in [-0.39, 0.29) is 11.0 Å². The lowest BCUT2D eigenvalue weighted by Crippen LogP contribution is -2.53. The minimum Gasteiger partial charge on any atom is -0.474 e. The highest BCUT2D eigenvalue weighted by Crippen LogP contribution is 2.38. The van der Waals surface area contributed by atoms with Gasteiger partial charge in [0.05, 0.1) is 16.8 Å². The number of fused-ring (bicyclic) bond motifs is 1. The number of rotatable bonds is 7. The van der Waals surface area contributed by atoms with Crippen LogP contribution in [0.3, 0.4) is 0 Å². The summed E-state index contributed by atoms with van der Waals surface area (Å²) in [6.07, 6.45) is 0.0856. The molecule has 2 fully saturated rings. The van der Waals surface area contributed by atoms with Crippen molar-refractivity contribution in [3.63, 3.8) is 0 Å². The van der Waals surface area contributed by atoms with Crippen LogP contribution in [0.1, 0.15) is 25.8 Å². The largest absolute Gasteiger partial charge is 0.474 e. The molecule has 0 saturated carbocycles. The van der Waals surface area contributed by atoms with Gasteiger partial charge >= 0.3 is 6.09 Å². The van der Waals surface area contributed by atoms with Crippen LogP contribution in [-0.2, 0) is 13.7 Å². The lowest BCUT2D eigenvalue weighted by atomic mass is 9.73. The molecule has 4 heterocycles. The molecule has 0 unspecified atom stereocenters. The van der Waals surface area contributed by atoms with Crippen LogP contribution in [0, 0.1) is 11.3 Å². The van der Waals surface area contributed by atoms with Gasteiger partial charge < -0.3 is 19.6 Å². The number of para-hydroxylation sites is 1. The van der Waals surface area contributed by atoms with E-state index in [4.69, 9.17) is 9.84 Å². The SMILES string of the molecule is Cn1nc(-c2ccc(=O)[nH]c2OCc2ccccc2)c2cccc(N3CCN(C[C@H]4CCN(C(=O)O)CC4(C)C)CC3)c21. The lowest BCUT2D eigenvalue weighted by molar-refractivity contribution is 0.0335. The number of carbonyl (C=O) groups is 1. The molecule has 0 aliphatic carbocycles. The van der Waals surface area contributed by atoms with Crippen molar-refractivity contribution in [2.75, 3.05) is 50.7 Å². The summed E-state index contributed by atoms with van der Waals surface area (Å²) in [6.45, 7) is 10.6. The molecule has 0 bridgehead atoms. The summed E-state index contributed by atoms with van der Waals surface area (Å²) < 4.78 is 8.04. The van der Waals surface area contributed by atoms with Crippen molar-refractivity contribution in [3.8, 4) is 17.1 Å². The summed E-state index contributed by atoms with van der Waals surface area (Å²) in [5, 5.41) is 15.4. The van der Waals surface area contributed by atoms with Gasteiger partial charge in [-0.05, 0) is 35.4 Å². The van der Waals surface area contributed by atoms with Crippen LogP contribution in [-0.4, -0.2) is 81.6 Å². The molecular formula is C33H40N6O4. The van der Waals surface area contributed by atoms with Crippen molar-refractivity contribution in [2.45, 2.75) is 26.9 Å². The maximum absolute atomic E-state index is 12.2. The molecule has 1 atom stereocenters. The van der Waals surface area contributed by atoms with Crippen molar-refractivity contribution in [2.24, 2.45) is 18.4 Å². The Morgan fingerprint density at radius 2 is 1.79 bits per heavy atom. The number of piperazine rings is 1. The van der Waals surface area contributed by atoms with Crippen molar-refractivity contribution in [1.82, 2.24) is 24.6 Å². The number of piperidine rings is 1. The quantitative estimate of drug-likeness (QED) is 0.326. The predicted molar refractivity (Wildman–Crippen MR) is 168 cm³/mol. The lowest BCUT2D eigenvalue weighted by Gasteiger charge is -2.46. The van der Waals surface area contributed by atoms with Crippen LogP contribution in [0.15, 0.2) is 65.5 Å². The average Bonchev–Trinajstić information content (AvgIpc) is 3.34. The molecule has 10 nitrogen and oxygen atoms in total. The maximum Gasteiger partial charge on any atom is 0.407 e. The molecule has 2 aromatic carbocycles. The standard InChI is InChI=1S/C33H40N6O4/c1-33(2)22-39(32(41)42)15-14-24(33)20-37-16-18-38(19-17-37)27-11-7-10-25-29(35-36(3)30(25)27)26-12-13-28(40)34-31(26)43-21-23-8-5-4-6-9-23/h4-13,24H,14-22H2,1-3H3,(H,34,40)(H,41,42)/t24-/m1/s1. The zero-order chi connectivity index (χ0) is 30.1. The number of H-pyrrole nitrogens is 1. The van der Waals surface area contributed by atoms with Gasteiger partial charge in [-0.15, -0.1) is 0 Å². The number of aromatic nitrogens is 3. The number of carboxylic acid groups (broad SMARTS) is 1. The number of nitrogens with one attached hydrogen (secondary N) is 1. The third-order valence-corrected chi connectivity index (χ3v) is 9.12. The van der Waals surface area contributed by atoms with Gasteiger partial charge in [0, 0.05) is 64.3 Å². The summed E-state index contributed by atoms with van der Waals surface area (Å²) in [5.74, 6) is 0.876. The molecule has 226 valence electrons. The number of anilines is 1. The topological polar surface area (TPSA) is 107 Å². The number of benzene rings is 2. The van der Waals surface area contributed by atoms with E-state index in [1.807, 2.05) is 42.1 Å². The number of ether oxygens (including phenoxy) is 1. The number of hydrogen-bond donors (Lipinski definition) is 2. The molecule has 2 aliphatic heterocycles. The Kier molecular flexibility index (Phi) is 7.87. The molecule has 2 N–H and O–H groups in total. The second kappa shape index (κ2) is 11.8. The summed E-state index contributed by atoms with van der Waals surface area (Å²) in [7, 11) is 1.97. The molecule has 43 heavy (non-hydrogen) atoms. The number of pyridine rings is 1. The smallest absolute Gasteiger partial charge is 0.407 e. The first-order chi connectivity index (χ1) is 20.7. The molecule has 1 amide bonds. The Morgan fingerprint density at radius 1 is 1.02 bits per heavy atom. The second-order valence-electron chi connectivity index (χ2n) is 12.5. The number of aryl methyl sites for hydroxylation is 1. The predicted octanol–water partition coefficient (Wildman–Crippen LogP) is 4.66. The van der Waals surface area contributed by atoms with E-state index in [0.29, 0.717) is 31.5 Å². The van der Waals surface area contributed by atoms with E-state index >= 15 is 0 Å². The number of aromatic amines is 1. The number of nitrogens with zero attached hydrogens (tertiary/aromatic N) is 5. The van der Waals surface area contributed by atoms with Crippen molar-refractivity contribution < 1.29 is 14.6 Å². The monoisotopic (exact) mass is 584 g/mol.